The summed E-state index contributed by atoms with van der Waals surface area (Å²) in [4.78, 5) is 21.9. The molecule has 0 spiro atoms. The van der Waals surface area contributed by atoms with E-state index in [4.69, 9.17) is 32.9 Å². The molecule has 0 aliphatic heterocycles. The van der Waals surface area contributed by atoms with Gasteiger partial charge < -0.3 is 10.1 Å². The van der Waals surface area contributed by atoms with Gasteiger partial charge in [0.1, 0.15) is 5.75 Å². The van der Waals surface area contributed by atoms with Crippen molar-refractivity contribution in [1.82, 2.24) is 14.5 Å². The molecule has 9 heteroatoms. The zero-order valence-corrected chi connectivity index (χ0v) is 19.7. The number of hydrogen-bond acceptors (Lipinski definition) is 5. The predicted molar refractivity (Wildman–Crippen MR) is 130 cm³/mol. The number of thioether (sulfide) groups is 1. The molecular formula is C23H20Cl2N4O2S. The van der Waals surface area contributed by atoms with E-state index in [-0.39, 0.29) is 16.7 Å². The number of hydrogen-bond donors (Lipinski definition) is 1. The van der Waals surface area contributed by atoms with Crippen LogP contribution in [0.4, 0.5) is 5.82 Å². The lowest BCUT2D eigenvalue weighted by Gasteiger charge is -2.16. The van der Waals surface area contributed by atoms with Crippen LogP contribution in [-0.4, -0.2) is 32.8 Å². The molecule has 4 aromatic rings. The second-order valence-electron chi connectivity index (χ2n) is 6.90. The largest absolute Gasteiger partial charge is 0.497 e. The van der Waals surface area contributed by atoms with Crippen molar-refractivity contribution in [2.45, 2.75) is 23.8 Å². The van der Waals surface area contributed by atoms with Crippen molar-refractivity contribution in [3.8, 4) is 11.4 Å². The van der Waals surface area contributed by atoms with Crippen LogP contribution in [0.1, 0.15) is 13.3 Å². The molecule has 1 amide bonds. The molecule has 2 aromatic carbocycles. The molecule has 0 saturated carbocycles. The molecule has 2 heterocycles. The lowest BCUT2D eigenvalue weighted by Crippen LogP contribution is -2.25. The summed E-state index contributed by atoms with van der Waals surface area (Å²) < 4.78 is 7.33. The molecule has 4 rings (SSSR count). The normalized spacial score (nSPS) is 12.0. The van der Waals surface area contributed by atoms with Gasteiger partial charge in [0.25, 0.3) is 0 Å². The van der Waals surface area contributed by atoms with E-state index in [0.717, 1.165) is 22.5 Å². The van der Waals surface area contributed by atoms with Crippen LogP contribution in [0.25, 0.3) is 16.7 Å². The van der Waals surface area contributed by atoms with E-state index in [9.17, 15) is 4.79 Å². The monoisotopic (exact) mass is 486 g/mol. The number of carbonyl (C=O) groups excluding carboxylic acids is 1. The number of nitrogens with zero attached hydrogens (tertiary/aromatic N) is 3. The van der Waals surface area contributed by atoms with Crippen molar-refractivity contribution in [3.05, 3.63) is 70.8 Å². The summed E-state index contributed by atoms with van der Waals surface area (Å²) in [5, 5.41) is 3.81. The first kappa shape index (κ1) is 22.5. The summed E-state index contributed by atoms with van der Waals surface area (Å²) in [7, 11) is 1.63. The number of ether oxygens (including phenoxy) is 1. The molecule has 164 valence electrons. The Morgan fingerprint density at radius 2 is 1.94 bits per heavy atom. The number of carbonyl (C=O) groups is 1. The Labute approximate surface area is 199 Å². The molecule has 0 saturated heterocycles. The van der Waals surface area contributed by atoms with Gasteiger partial charge in [-0.05, 0) is 48.9 Å². The fraction of sp³-hybridized carbons (Fsp3) is 0.174. The standard InChI is InChI=1S/C23H20Cl2N4O2S/c1-3-20(22(30)28-21-17(25)12-14(24)13-26-21)32-23-27-18-6-4-5-7-19(18)29(23)15-8-10-16(31-2)11-9-15/h4-13,20H,3H2,1-2H3,(H,26,28,30). The highest BCUT2D eigenvalue weighted by atomic mass is 35.5. The predicted octanol–water partition coefficient (Wildman–Crippen LogP) is 6.25. The van der Waals surface area contributed by atoms with E-state index in [1.807, 2.05) is 60.0 Å². The minimum Gasteiger partial charge on any atom is -0.497 e. The first-order valence-electron chi connectivity index (χ1n) is 9.90. The molecule has 2 aromatic heterocycles. The van der Waals surface area contributed by atoms with Crippen LogP contribution in [0.2, 0.25) is 10.0 Å². The molecule has 1 N–H and O–H groups in total. The van der Waals surface area contributed by atoms with Crippen LogP contribution in [0, 0.1) is 0 Å². The van der Waals surface area contributed by atoms with Gasteiger partial charge in [-0.15, -0.1) is 0 Å². The minimum atomic E-state index is -0.405. The molecule has 0 fully saturated rings. The smallest absolute Gasteiger partial charge is 0.239 e. The fourth-order valence-electron chi connectivity index (χ4n) is 3.22. The average molecular weight is 487 g/mol. The zero-order valence-electron chi connectivity index (χ0n) is 17.4. The van der Waals surface area contributed by atoms with Crippen molar-refractivity contribution < 1.29 is 9.53 Å². The Balaban J connectivity index is 1.66. The number of rotatable bonds is 7. The van der Waals surface area contributed by atoms with Gasteiger partial charge in [-0.2, -0.15) is 0 Å². The number of amides is 1. The Bertz CT molecular complexity index is 1260. The fourth-order valence-corrected chi connectivity index (χ4v) is 4.69. The van der Waals surface area contributed by atoms with Gasteiger partial charge in [0, 0.05) is 11.9 Å². The lowest BCUT2D eigenvalue weighted by molar-refractivity contribution is -0.115. The van der Waals surface area contributed by atoms with Crippen LogP contribution in [0.5, 0.6) is 5.75 Å². The van der Waals surface area contributed by atoms with Crippen LogP contribution >= 0.6 is 35.0 Å². The topological polar surface area (TPSA) is 69.0 Å². The summed E-state index contributed by atoms with van der Waals surface area (Å²) in [6.07, 6.45) is 2.04. The number of nitrogens with one attached hydrogen (secondary N) is 1. The van der Waals surface area contributed by atoms with Crippen molar-refractivity contribution in [2.24, 2.45) is 0 Å². The van der Waals surface area contributed by atoms with Crippen molar-refractivity contribution >= 4 is 57.7 Å². The van der Waals surface area contributed by atoms with Gasteiger partial charge in [-0.25, -0.2) is 9.97 Å². The maximum atomic E-state index is 13.0. The number of imidazole rings is 1. The maximum absolute atomic E-state index is 13.0. The molecule has 0 bridgehead atoms. The molecule has 1 unspecified atom stereocenters. The summed E-state index contributed by atoms with van der Waals surface area (Å²) in [6.45, 7) is 1.95. The molecule has 0 aliphatic rings. The van der Waals surface area contributed by atoms with Gasteiger partial charge in [-0.3, -0.25) is 9.36 Å². The second-order valence-corrected chi connectivity index (χ2v) is 8.92. The first-order valence-corrected chi connectivity index (χ1v) is 11.5. The highest BCUT2D eigenvalue weighted by Crippen LogP contribution is 2.33. The Kier molecular flexibility index (Phi) is 6.89. The summed E-state index contributed by atoms with van der Waals surface area (Å²) in [5.74, 6) is 0.844. The van der Waals surface area contributed by atoms with Gasteiger partial charge in [-0.1, -0.05) is 54.0 Å². The van der Waals surface area contributed by atoms with Crippen molar-refractivity contribution in [3.63, 3.8) is 0 Å². The highest BCUT2D eigenvalue weighted by Gasteiger charge is 2.23. The second kappa shape index (κ2) is 9.81. The number of aromatic nitrogens is 3. The number of halogens is 2. The van der Waals surface area contributed by atoms with E-state index < -0.39 is 5.25 Å². The third kappa shape index (κ3) is 4.70. The van der Waals surface area contributed by atoms with Gasteiger partial charge in [0.2, 0.25) is 5.91 Å². The minimum absolute atomic E-state index is 0.206. The van der Waals surface area contributed by atoms with E-state index in [0.29, 0.717) is 16.6 Å². The number of para-hydroxylation sites is 2. The number of methoxy groups -OCH3 is 1. The van der Waals surface area contributed by atoms with Gasteiger partial charge >= 0.3 is 0 Å². The SMILES string of the molecule is CCC(Sc1nc2ccccc2n1-c1ccc(OC)cc1)C(=O)Nc1ncc(Cl)cc1Cl. The Morgan fingerprint density at radius 1 is 1.19 bits per heavy atom. The molecule has 6 nitrogen and oxygen atoms in total. The van der Waals surface area contributed by atoms with Crippen molar-refractivity contribution in [1.29, 1.82) is 0 Å². The first-order chi connectivity index (χ1) is 15.5. The van der Waals surface area contributed by atoms with E-state index in [2.05, 4.69) is 10.3 Å². The van der Waals surface area contributed by atoms with E-state index in [1.54, 1.807) is 13.2 Å². The molecule has 1 atom stereocenters. The number of fused-ring (bicyclic) bond motifs is 1. The third-order valence-electron chi connectivity index (χ3n) is 4.82. The third-order valence-corrected chi connectivity index (χ3v) is 6.63. The molecular weight excluding hydrogens is 467 g/mol. The number of benzene rings is 2. The summed E-state index contributed by atoms with van der Waals surface area (Å²) >= 11 is 13.5. The Hall–Kier alpha value is -2.74. The van der Waals surface area contributed by atoms with E-state index >= 15 is 0 Å². The maximum Gasteiger partial charge on any atom is 0.239 e. The number of pyridine rings is 1. The lowest BCUT2D eigenvalue weighted by atomic mass is 10.2. The molecule has 0 radical (unpaired) electrons. The average Bonchev–Trinajstić information content (AvgIpc) is 3.17. The molecule has 0 aliphatic carbocycles. The van der Waals surface area contributed by atoms with Crippen LogP contribution in [0.3, 0.4) is 0 Å². The van der Waals surface area contributed by atoms with Gasteiger partial charge in [0.05, 0.1) is 33.4 Å². The number of anilines is 1. The van der Waals surface area contributed by atoms with E-state index in [1.165, 1.54) is 18.0 Å². The highest BCUT2D eigenvalue weighted by molar-refractivity contribution is 8.00. The van der Waals surface area contributed by atoms with Crippen LogP contribution < -0.4 is 10.1 Å². The zero-order chi connectivity index (χ0) is 22.7. The summed E-state index contributed by atoms with van der Waals surface area (Å²) in [6, 6.07) is 17.2. The quantitative estimate of drug-likeness (QED) is 0.312. The van der Waals surface area contributed by atoms with Crippen molar-refractivity contribution in [2.75, 3.05) is 12.4 Å². The Morgan fingerprint density at radius 3 is 2.62 bits per heavy atom. The van der Waals surface area contributed by atoms with Crippen LogP contribution in [0.15, 0.2) is 66.0 Å². The van der Waals surface area contributed by atoms with Gasteiger partial charge in [0.15, 0.2) is 11.0 Å². The van der Waals surface area contributed by atoms with Crippen LogP contribution in [-0.2, 0) is 4.79 Å². The summed E-state index contributed by atoms with van der Waals surface area (Å²) in [5.41, 5.74) is 2.74. The molecule has 32 heavy (non-hydrogen) atoms.